The molecule has 0 amide bonds. The summed E-state index contributed by atoms with van der Waals surface area (Å²) in [5, 5.41) is 0.361. The van der Waals surface area contributed by atoms with Crippen LogP contribution in [0, 0.1) is 10.6 Å². The Labute approximate surface area is 134 Å². The van der Waals surface area contributed by atoms with Gasteiger partial charge in [-0.05, 0) is 36.5 Å². The van der Waals surface area contributed by atoms with Crippen molar-refractivity contribution in [2.45, 2.75) is 0 Å². The molecule has 21 heavy (non-hydrogen) atoms. The van der Waals surface area contributed by atoms with Gasteiger partial charge in [0.1, 0.15) is 17.1 Å². The Balaban J connectivity index is 2.42. The first-order valence-electron chi connectivity index (χ1n) is 5.95. The lowest BCUT2D eigenvalue weighted by Gasteiger charge is -2.10. The Morgan fingerprint density at radius 2 is 1.90 bits per heavy atom. The Morgan fingerprint density at radius 1 is 1.24 bits per heavy atom. The summed E-state index contributed by atoms with van der Waals surface area (Å²) in [6, 6.07) is 7.88. The maximum absolute atomic E-state index is 13.4. The van der Waals surface area contributed by atoms with Gasteiger partial charge in [-0.2, -0.15) is 0 Å². The summed E-state index contributed by atoms with van der Waals surface area (Å²) in [7, 11) is 1.57. The highest BCUT2D eigenvalue weighted by Crippen LogP contribution is 2.34. The number of nitrogens with one attached hydrogen (secondary N) is 1. The standard InChI is InChI=1S/C14H9Cl2FN2OS/c1-20-11-4-2-3-10-12(11)18-14(21)19(10)13-8(15)5-7(17)6-9(13)16/h2-6H,1H3,(H,18,21). The molecule has 0 aliphatic carbocycles. The minimum atomic E-state index is -0.502. The fourth-order valence-corrected chi connectivity index (χ4v) is 3.17. The molecule has 0 saturated carbocycles. The largest absolute Gasteiger partial charge is 0.494 e. The molecule has 3 aromatic rings. The molecule has 1 aromatic heterocycles. The summed E-state index contributed by atoms with van der Waals surface area (Å²) in [4.78, 5) is 3.06. The molecule has 3 rings (SSSR count). The molecule has 0 aliphatic heterocycles. The van der Waals surface area contributed by atoms with Crippen LogP contribution < -0.4 is 4.74 Å². The monoisotopic (exact) mass is 342 g/mol. The van der Waals surface area contributed by atoms with Gasteiger partial charge in [-0.15, -0.1) is 0 Å². The number of halogens is 3. The number of methoxy groups -OCH3 is 1. The van der Waals surface area contributed by atoms with Crippen molar-refractivity contribution in [3.05, 3.63) is 51.0 Å². The molecule has 0 radical (unpaired) electrons. The molecular formula is C14H9Cl2FN2OS. The van der Waals surface area contributed by atoms with E-state index >= 15 is 0 Å². The van der Waals surface area contributed by atoms with E-state index in [1.54, 1.807) is 11.7 Å². The lowest BCUT2D eigenvalue weighted by Crippen LogP contribution is -1.97. The number of imidazole rings is 1. The topological polar surface area (TPSA) is 29.9 Å². The van der Waals surface area contributed by atoms with Gasteiger partial charge >= 0.3 is 0 Å². The first-order chi connectivity index (χ1) is 10.0. The van der Waals surface area contributed by atoms with Crippen molar-refractivity contribution in [3.63, 3.8) is 0 Å². The van der Waals surface area contributed by atoms with Crippen LogP contribution in [-0.4, -0.2) is 16.7 Å². The highest BCUT2D eigenvalue weighted by molar-refractivity contribution is 7.71. The quantitative estimate of drug-likeness (QED) is 0.653. The predicted molar refractivity (Wildman–Crippen MR) is 85.0 cm³/mol. The number of nitrogens with zero attached hydrogens (tertiary/aromatic N) is 1. The van der Waals surface area contributed by atoms with Crippen LogP contribution in [0.15, 0.2) is 30.3 Å². The van der Waals surface area contributed by atoms with Crippen molar-refractivity contribution in [1.29, 1.82) is 0 Å². The van der Waals surface area contributed by atoms with E-state index in [1.807, 2.05) is 18.2 Å². The van der Waals surface area contributed by atoms with Gasteiger partial charge in [-0.25, -0.2) is 4.39 Å². The van der Waals surface area contributed by atoms with Crippen LogP contribution >= 0.6 is 35.4 Å². The number of ether oxygens (including phenoxy) is 1. The van der Waals surface area contributed by atoms with E-state index in [9.17, 15) is 4.39 Å². The molecule has 3 nitrogen and oxygen atoms in total. The average molecular weight is 343 g/mol. The van der Waals surface area contributed by atoms with Crippen LogP contribution in [0.25, 0.3) is 16.7 Å². The van der Waals surface area contributed by atoms with Gasteiger partial charge in [0.15, 0.2) is 4.77 Å². The molecule has 7 heteroatoms. The molecule has 1 N–H and O–H groups in total. The molecule has 1 heterocycles. The summed E-state index contributed by atoms with van der Waals surface area (Å²) in [5.41, 5.74) is 1.90. The maximum Gasteiger partial charge on any atom is 0.182 e. The number of hydrogen-bond donors (Lipinski definition) is 1. The Kier molecular flexibility index (Phi) is 3.65. The molecule has 0 unspecified atom stereocenters. The summed E-state index contributed by atoms with van der Waals surface area (Å²) in [6.45, 7) is 0. The number of fused-ring (bicyclic) bond motifs is 1. The number of benzene rings is 2. The zero-order valence-corrected chi connectivity index (χ0v) is 13.1. The molecule has 0 saturated heterocycles. The van der Waals surface area contributed by atoms with Crippen molar-refractivity contribution in [2.75, 3.05) is 7.11 Å². The number of hydrogen-bond acceptors (Lipinski definition) is 2. The van der Waals surface area contributed by atoms with Crippen molar-refractivity contribution >= 4 is 46.5 Å². The van der Waals surface area contributed by atoms with Gasteiger partial charge in [0.25, 0.3) is 0 Å². The van der Waals surface area contributed by atoms with Crippen LogP contribution in [-0.2, 0) is 0 Å². The minimum Gasteiger partial charge on any atom is -0.494 e. The predicted octanol–water partition coefficient (Wildman–Crippen LogP) is 5.14. The Bertz CT molecular complexity index is 881. The maximum atomic E-state index is 13.4. The van der Waals surface area contributed by atoms with Crippen molar-refractivity contribution in [1.82, 2.24) is 9.55 Å². The minimum absolute atomic E-state index is 0.180. The molecule has 108 valence electrons. The van der Waals surface area contributed by atoms with Crippen molar-refractivity contribution in [2.24, 2.45) is 0 Å². The third kappa shape index (κ3) is 2.31. The fraction of sp³-hybridized carbons (Fsp3) is 0.0714. The van der Waals surface area contributed by atoms with Gasteiger partial charge in [-0.3, -0.25) is 4.57 Å². The van der Waals surface area contributed by atoms with E-state index in [-0.39, 0.29) is 10.0 Å². The van der Waals surface area contributed by atoms with Gasteiger partial charge in [0, 0.05) is 0 Å². The zero-order chi connectivity index (χ0) is 15.1. The lowest BCUT2D eigenvalue weighted by molar-refractivity contribution is 0.419. The Hall–Kier alpha value is -1.56. The van der Waals surface area contributed by atoms with E-state index in [4.69, 9.17) is 40.2 Å². The summed E-state index contributed by atoms with van der Waals surface area (Å²) in [5.74, 6) is 0.143. The first-order valence-corrected chi connectivity index (χ1v) is 7.12. The van der Waals surface area contributed by atoms with Gasteiger partial charge in [0.2, 0.25) is 0 Å². The number of rotatable bonds is 2. The second kappa shape index (κ2) is 5.33. The smallest absolute Gasteiger partial charge is 0.182 e. The number of para-hydroxylation sites is 1. The van der Waals surface area contributed by atoms with E-state index in [2.05, 4.69) is 4.98 Å². The van der Waals surface area contributed by atoms with E-state index < -0.39 is 5.82 Å². The van der Waals surface area contributed by atoms with Crippen molar-refractivity contribution < 1.29 is 9.13 Å². The van der Waals surface area contributed by atoms with Crippen LogP contribution in [0.2, 0.25) is 10.0 Å². The van der Waals surface area contributed by atoms with Gasteiger partial charge in [0.05, 0.1) is 28.4 Å². The van der Waals surface area contributed by atoms with Crippen LogP contribution in [0.5, 0.6) is 5.75 Å². The number of aromatic nitrogens is 2. The Morgan fingerprint density at radius 3 is 2.52 bits per heavy atom. The highest BCUT2D eigenvalue weighted by Gasteiger charge is 2.16. The summed E-state index contributed by atoms with van der Waals surface area (Å²) < 4.78 is 20.7. The number of H-pyrrole nitrogens is 1. The van der Waals surface area contributed by atoms with Gasteiger partial charge in [-0.1, -0.05) is 29.3 Å². The number of aromatic amines is 1. The third-order valence-electron chi connectivity index (χ3n) is 3.11. The first kappa shape index (κ1) is 14.4. The normalized spacial score (nSPS) is 11.0. The fourth-order valence-electron chi connectivity index (χ4n) is 2.24. The molecule has 0 bridgehead atoms. The van der Waals surface area contributed by atoms with Gasteiger partial charge < -0.3 is 9.72 Å². The molecule has 0 spiro atoms. The third-order valence-corrected chi connectivity index (χ3v) is 3.97. The zero-order valence-electron chi connectivity index (χ0n) is 10.8. The second-order valence-corrected chi connectivity index (χ2v) is 5.54. The lowest BCUT2D eigenvalue weighted by atomic mass is 10.2. The SMILES string of the molecule is COc1cccc2c1[nH]c(=S)n2-c1c(Cl)cc(F)cc1Cl. The molecule has 0 aliphatic rings. The summed E-state index contributed by atoms with van der Waals surface area (Å²) in [6.07, 6.45) is 0. The van der Waals surface area contributed by atoms with E-state index in [0.717, 1.165) is 11.0 Å². The van der Waals surface area contributed by atoms with Crippen LogP contribution in [0.4, 0.5) is 4.39 Å². The summed E-state index contributed by atoms with van der Waals surface area (Å²) >= 11 is 17.6. The molecule has 0 atom stereocenters. The van der Waals surface area contributed by atoms with E-state index in [0.29, 0.717) is 16.2 Å². The molecule has 2 aromatic carbocycles. The average Bonchev–Trinajstić information content (AvgIpc) is 2.74. The highest BCUT2D eigenvalue weighted by atomic mass is 35.5. The molecular weight excluding hydrogens is 334 g/mol. The second-order valence-electron chi connectivity index (χ2n) is 4.34. The van der Waals surface area contributed by atoms with Crippen LogP contribution in [0.1, 0.15) is 0 Å². The van der Waals surface area contributed by atoms with Crippen LogP contribution in [0.3, 0.4) is 0 Å². The molecule has 0 fully saturated rings. The van der Waals surface area contributed by atoms with E-state index in [1.165, 1.54) is 12.1 Å². The van der Waals surface area contributed by atoms with Crippen molar-refractivity contribution in [3.8, 4) is 11.4 Å².